The number of carbonyl (C=O) groups excluding carboxylic acids is 1. The Kier molecular flexibility index (Phi) is 2.74. The molecule has 2 aromatic heterocycles. The minimum atomic E-state index is -0.415. The summed E-state index contributed by atoms with van der Waals surface area (Å²) in [5.74, 6) is -0.415. The molecule has 0 aliphatic carbocycles. The van der Waals surface area contributed by atoms with Gasteiger partial charge in [-0.25, -0.2) is 9.78 Å². The summed E-state index contributed by atoms with van der Waals surface area (Å²) in [4.78, 5) is 30.7. The monoisotopic (exact) mass is 238 g/mol. The topological polar surface area (TPSA) is 72.0 Å². The highest BCUT2D eigenvalue weighted by atomic mass is 32.1. The van der Waals surface area contributed by atoms with Gasteiger partial charge in [-0.15, -0.1) is 11.3 Å². The van der Waals surface area contributed by atoms with Crippen molar-refractivity contribution in [1.29, 1.82) is 0 Å². The summed E-state index contributed by atoms with van der Waals surface area (Å²) in [5.41, 5.74) is 0.900. The summed E-state index contributed by atoms with van der Waals surface area (Å²) >= 11 is 1.17. The van der Waals surface area contributed by atoms with Crippen LogP contribution in [0.5, 0.6) is 0 Å². The van der Waals surface area contributed by atoms with Gasteiger partial charge in [0.05, 0.1) is 12.6 Å². The Morgan fingerprint density at radius 3 is 3.00 bits per heavy atom. The number of hydrogen-bond donors (Lipinski definition) is 1. The number of carbonyl (C=O) groups is 1. The quantitative estimate of drug-likeness (QED) is 0.801. The first-order valence-corrected chi connectivity index (χ1v) is 5.58. The molecule has 5 nitrogen and oxygen atoms in total. The second kappa shape index (κ2) is 4.05. The van der Waals surface area contributed by atoms with E-state index in [1.54, 1.807) is 6.07 Å². The van der Waals surface area contributed by atoms with E-state index in [9.17, 15) is 9.59 Å². The lowest BCUT2D eigenvalue weighted by Gasteiger charge is -1.93. The number of hydrogen-bond acceptors (Lipinski definition) is 5. The summed E-state index contributed by atoms with van der Waals surface area (Å²) in [5, 5.41) is 0. The number of nitrogens with zero attached hydrogens (tertiary/aromatic N) is 1. The summed E-state index contributed by atoms with van der Waals surface area (Å²) in [7, 11) is 1.32. The van der Waals surface area contributed by atoms with Crippen LogP contribution in [0.15, 0.2) is 10.9 Å². The SMILES string of the molecule is CCc1nc2cc(C(=O)OC)sc2[nH]c1=O. The Labute approximate surface area is 95.1 Å². The summed E-state index contributed by atoms with van der Waals surface area (Å²) in [6.07, 6.45) is 0.564. The number of esters is 1. The van der Waals surface area contributed by atoms with Gasteiger partial charge in [-0.3, -0.25) is 4.79 Å². The molecule has 0 unspecified atom stereocenters. The third-order valence-corrected chi connectivity index (χ3v) is 3.20. The van der Waals surface area contributed by atoms with Gasteiger partial charge >= 0.3 is 5.97 Å². The second-order valence-corrected chi connectivity index (χ2v) is 4.23. The Morgan fingerprint density at radius 2 is 2.38 bits per heavy atom. The highest BCUT2D eigenvalue weighted by molar-refractivity contribution is 7.20. The number of ether oxygens (including phenoxy) is 1. The van der Waals surface area contributed by atoms with Crippen molar-refractivity contribution in [3.63, 3.8) is 0 Å². The van der Waals surface area contributed by atoms with Crippen LogP contribution in [0.4, 0.5) is 0 Å². The van der Waals surface area contributed by atoms with E-state index in [1.807, 2.05) is 6.92 Å². The molecule has 0 saturated carbocycles. The van der Waals surface area contributed by atoms with Gasteiger partial charge in [0.25, 0.3) is 5.56 Å². The first kappa shape index (κ1) is 10.8. The van der Waals surface area contributed by atoms with E-state index in [2.05, 4.69) is 14.7 Å². The molecule has 0 spiro atoms. The molecule has 0 aromatic carbocycles. The van der Waals surface area contributed by atoms with Crippen molar-refractivity contribution in [3.8, 4) is 0 Å². The Morgan fingerprint density at radius 1 is 1.62 bits per heavy atom. The number of methoxy groups -OCH3 is 1. The van der Waals surface area contributed by atoms with Gasteiger partial charge in [0, 0.05) is 0 Å². The first-order valence-electron chi connectivity index (χ1n) is 4.76. The first-order chi connectivity index (χ1) is 7.65. The third-order valence-electron chi connectivity index (χ3n) is 2.18. The molecule has 2 rings (SSSR count). The van der Waals surface area contributed by atoms with E-state index in [0.29, 0.717) is 27.3 Å². The molecule has 0 saturated heterocycles. The van der Waals surface area contributed by atoms with Gasteiger partial charge in [-0.2, -0.15) is 0 Å². The molecule has 0 aliphatic heterocycles. The maximum absolute atomic E-state index is 11.5. The van der Waals surface area contributed by atoms with Crippen molar-refractivity contribution in [3.05, 3.63) is 27.0 Å². The molecule has 6 heteroatoms. The Balaban J connectivity index is 2.62. The fourth-order valence-corrected chi connectivity index (χ4v) is 2.28. The van der Waals surface area contributed by atoms with Gasteiger partial charge in [0.2, 0.25) is 0 Å². The van der Waals surface area contributed by atoms with E-state index in [1.165, 1.54) is 18.4 Å². The number of aromatic nitrogens is 2. The largest absolute Gasteiger partial charge is 0.465 e. The van der Waals surface area contributed by atoms with Crippen LogP contribution in [-0.2, 0) is 11.2 Å². The maximum Gasteiger partial charge on any atom is 0.348 e. The van der Waals surface area contributed by atoms with Crippen molar-refractivity contribution in [2.75, 3.05) is 7.11 Å². The van der Waals surface area contributed by atoms with E-state index in [-0.39, 0.29) is 5.56 Å². The maximum atomic E-state index is 11.5. The summed E-state index contributed by atoms with van der Waals surface area (Å²) in [6, 6.07) is 1.63. The molecular formula is C10H10N2O3S. The van der Waals surface area contributed by atoms with E-state index in [4.69, 9.17) is 0 Å². The number of fused-ring (bicyclic) bond motifs is 1. The van der Waals surface area contributed by atoms with E-state index >= 15 is 0 Å². The Bertz CT molecular complexity index is 600. The van der Waals surface area contributed by atoms with Crippen molar-refractivity contribution in [2.45, 2.75) is 13.3 Å². The van der Waals surface area contributed by atoms with Gasteiger partial charge in [-0.05, 0) is 12.5 Å². The molecule has 0 atom stereocenters. The molecule has 2 heterocycles. The third kappa shape index (κ3) is 1.71. The zero-order valence-corrected chi connectivity index (χ0v) is 9.68. The summed E-state index contributed by atoms with van der Waals surface area (Å²) in [6.45, 7) is 1.86. The van der Waals surface area contributed by atoms with Crippen LogP contribution in [0.3, 0.4) is 0 Å². The van der Waals surface area contributed by atoms with Gasteiger partial charge in [0.1, 0.15) is 15.4 Å². The molecule has 0 amide bonds. The van der Waals surface area contributed by atoms with Crippen LogP contribution >= 0.6 is 11.3 Å². The number of H-pyrrole nitrogens is 1. The average molecular weight is 238 g/mol. The minimum Gasteiger partial charge on any atom is -0.465 e. The number of nitrogens with one attached hydrogen (secondary N) is 1. The second-order valence-electron chi connectivity index (χ2n) is 3.18. The number of rotatable bonds is 2. The number of thiophene rings is 1. The van der Waals surface area contributed by atoms with Crippen molar-refractivity contribution < 1.29 is 9.53 Å². The molecule has 84 valence electrons. The molecule has 16 heavy (non-hydrogen) atoms. The minimum absolute atomic E-state index is 0.201. The fourth-order valence-electron chi connectivity index (χ4n) is 1.37. The van der Waals surface area contributed by atoms with Crippen LogP contribution in [0.1, 0.15) is 22.3 Å². The Hall–Kier alpha value is -1.69. The summed E-state index contributed by atoms with van der Waals surface area (Å²) < 4.78 is 4.60. The van der Waals surface area contributed by atoms with Crippen LogP contribution in [0, 0.1) is 0 Å². The smallest absolute Gasteiger partial charge is 0.348 e. The molecule has 1 N–H and O–H groups in total. The van der Waals surface area contributed by atoms with Crippen LogP contribution in [-0.4, -0.2) is 23.0 Å². The highest BCUT2D eigenvalue weighted by Gasteiger charge is 2.12. The van der Waals surface area contributed by atoms with Crippen molar-refractivity contribution in [2.24, 2.45) is 0 Å². The van der Waals surface area contributed by atoms with Gasteiger partial charge in [0.15, 0.2) is 0 Å². The normalized spacial score (nSPS) is 10.6. The van der Waals surface area contributed by atoms with Crippen LogP contribution in [0.25, 0.3) is 10.3 Å². The van der Waals surface area contributed by atoms with Crippen LogP contribution in [0.2, 0.25) is 0 Å². The molecule has 0 aliphatic rings. The predicted octanol–water partition coefficient (Wildman–Crippen LogP) is 1.33. The lowest BCUT2D eigenvalue weighted by atomic mass is 10.3. The lowest BCUT2D eigenvalue weighted by Crippen LogP contribution is -2.13. The standard InChI is InChI=1S/C10H10N2O3S/c1-3-5-8(13)12-9-6(11-5)4-7(16-9)10(14)15-2/h4H,3H2,1-2H3,(H,12,13). The van der Waals surface area contributed by atoms with Crippen LogP contribution < -0.4 is 5.56 Å². The fraction of sp³-hybridized carbons (Fsp3) is 0.300. The van der Waals surface area contributed by atoms with Crippen molar-refractivity contribution >= 4 is 27.7 Å². The molecule has 0 radical (unpaired) electrons. The van der Waals surface area contributed by atoms with Crippen molar-refractivity contribution in [1.82, 2.24) is 9.97 Å². The van der Waals surface area contributed by atoms with E-state index < -0.39 is 5.97 Å². The number of aryl methyl sites for hydroxylation is 1. The van der Waals surface area contributed by atoms with Gasteiger partial charge in [-0.1, -0.05) is 6.92 Å². The molecule has 0 fully saturated rings. The lowest BCUT2D eigenvalue weighted by molar-refractivity contribution is 0.0606. The average Bonchev–Trinajstić information content (AvgIpc) is 2.69. The molecule has 2 aromatic rings. The number of aromatic amines is 1. The zero-order chi connectivity index (χ0) is 11.7. The zero-order valence-electron chi connectivity index (χ0n) is 8.86. The predicted molar refractivity (Wildman–Crippen MR) is 61.0 cm³/mol. The highest BCUT2D eigenvalue weighted by Crippen LogP contribution is 2.21. The van der Waals surface area contributed by atoms with Gasteiger partial charge < -0.3 is 9.72 Å². The van der Waals surface area contributed by atoms with E-state index in [0.717, 1.165) is 0 Å². The molecular weight excluding hydrogens is 228 g/mol. The molecule has 0 bridgehead atoms.